The molecular formula is C14H22. The standard InChI is InChI=1S/C14H22/c1-4-9-13-10-7-8-11-14(13)12(5-2)6-3/h7-8,10-12H,4-6,9H2,1-3H3. The first-order valence-electron chi connectivity index (χ1n) is 5.91. The zero-order valence-electron chi connectivity index (χ0n) is 9.72. The monoisotopic (exact) mass is 190 g/mol. The van der Waals surface area contributed by atoms with Crippen molar-refractivity contribution in [2.75, 3.05) is 0 Å². The number of benzene rings is 1. The maximum Gasteiger partial charge on any atom is -0.0164 e. The molecule has 0 aliphatic carbocycles. The van der Waals surface area contributed by atoms with E-state index in [0.29, 0.717) is 0 Å². The number of hydrogen-bond acceptors (Lipinski definition) is 0. The van der Waals surface area contributed by atoms with E-state index in [1.807, 2.05) is 0 Å². The average molecular weight is 190 g/mol. The Morgan fingerprint density at radius 2 is 1.64 bits per heavy atom. The van der Waals surface area contributed by atoms with Gasteiger partial charge in [-0.2, -0.15) is 0 Å². The summed E-state index contributed by atoms with van der Waals surface area (Å²) in [4.78, 5) is 0. The lowest BCUT2D eigenvalue weighted by Gasteiger charge is -2.17. The van der Waals surface area contributed by atoms with E-state index in [1.165, 1.54) is 25.7 Å². The van der Waals surface area contributed by atoms with Crippen LogP contribution in [0.4, 0.5) is 0 Å². The zero-order chi connectivity index (χ0) is 10.4. The summed E-state index contributed by atoms with van der Waals surface area (Å²) in [5, 5.41) is 0. The van der Waals surface area contributed by atoms with Gasteiger partial charge in [-0.3, -0.25) is 0 Å². The predicted molar refractivity (Wildman–Crippen MR) is 63.8 cm³/mol. The highest BCUT2D eigenvalue weighted by Crippen LogP contribution is 2.26. The van der Waals surface area contributed by atoms with E-state index in [0.717, 1.165) is 5.92 Å². The predicted octanol–water partition coefficient (Wildman–Crippen LogP) is 4.54. The van der Waals surface area contributed by atoms with Crippen molar-refractivity contribution in [3.63, 3.8) is 0 Å². The third-order valence-corrected chi connectivity index (χ3v) is 3.00. The molecule has 0 aromatic heterocycles. The minimum Gasteiger partial charge on any atom is -0.0651 e. The van der Waals surface area contributed by atoms with Crippen LogP contribution in [-0.4, -0.2) is 0 Å². The van der Waals surface area contributed by atoms with Crippen molar-refractivity contribution in [3.05, 3.63) is 35.4 Å². The van der Waals surface area contributed by atoms with E-state index in [-0.39, 0.29) is 0 Å². The summed E-state index contributed by atoms with van der Waals surface area (Å²) in [5.41, 5.74) is 3.14. The Kier molecular flexibility index (Phi) is 4.72. The second-order valence-corrected chi connectivity index (χ2v) is 3.96. The molecule has 0 nitrogen and oxygen atoms in total. The lowest BCUT2D eigenvalue weighted by molar-refractivity contribution is 0.633. The summed E-state index contributed by atoms with van der Waals surface area (Å²) in [6, 6.07) is 8.93. The van der Waals surface area contributed by atoms with Gasteiger partial charge in [0.05, 0.1) is 0 Å². The van der Waals surface area contributed by atoms with Gasteiger partial charge < -0.3 is 0 Å². The maximum absolute atomic E-state index is 2.31. The zero-order valence-corrected chi connectivity index (χ0v) is 9.72. The highest BCUT2D eigenvalue weighted by Gasteiger charge is 2.09. The highest BCUT2D eigenvalue weighted by atomic mass is 14.1. The average Bonchev–Trinajstić information content (AvgIpc) is 2.23. The van der Waals surface area contributed by atoms with Crippen molar-refractivity contribution in [2.24, 2.45) is 0 Å². The van der Waals surface area contributed by atoms with Crippen molar-refractivity contribution in [2.45, 2.75) is 52.4 Å². The number of aryl methyl sites for hydroxylation is 1. The van der Waals surface area contributed by atoms with Gasteiger partial charge in [0.25, 0.3) is 0 Å². The smallest absolute Gasteiger partial charge is 0.0164 e. The summed E-state index contributed by atoms with van der Waals surface area (Å²) >= 11 is 0. The third-order valence-electron chi connectivity index (χ3n) is 3.00. The second kappa shape index (κ2) is 5.85. The molecule has 1 rings (SSSR count). The van der Waals surface area contributed by atoms with Crippen LogP contribution >= 0.6 is 0 Å². The summed E-state index contributed by atoms with van der Waals surface area (Å²) in [7, 11) is 0. The minimum absolute atomic E-state index is 0.762. The molecule has 0 saturated carbocycles. The van der Waals surface area contributed by atoms with Gasteiger partial charge in [-0.15, -0.1) is 0 Å². The SMILES string of the molecule is CCCc1ccccc1C(CC)CC. The van der Waals surface area contributed by atoms with Crippen LogP contribution in [0.1, 0.15) is 57.1 Å². The van der Waals surface area contributed by atoms with Gasteiger partial charge in [-0.1, -0.05) is 51.5 Å². The normalized spacial score (nSPS) is 10.9. The van der Waals surface area contributed by atoms with Crippen molar-refractivity contribution < 1.29 is 0 Å². The lowest BCUT2D eigenvalue weighted by Crippen LogP contribution is -2.00. The fourth-order valence-corrected chi connectivity index (χ4v) is 2.16. The van der Waals surface area contributed by atoms with Gasteiger partial charge in [0, 0.05) is 0 Å². The van der Waals surface area contributed by atoms with Crippen LogP contribution in [0.3, 0.4) is 0 Å². The molecular weight excluding hydrogens is 168 g/mol. The van der Waals surface area contributed by atoms with Crippen molar-refractivity contribution in [1.29, 1.82) is 0 Å². The van der Waals surface area contributed by atoms with E-state index in [4.69, 9.17) is 0 Å². The van der Waals surface area contributed by atoms with Crippen molar-refractivity contribution >= 4 is 0 Å². The van der Waals surface area contributed by atoms with E-state index in [9.17, 15) is 0 Å². The van der Waals surface area contributed by atoms with Gasteiger partial charge in [0.1, 0.15) is 0 Å². The lowest BCUT2D eigenvalue weighted by atomic mass is 9.89. The Morgan fingerprint density at radius 3 is 2.21 bits per heavy atom. The van der Waals surface area contributed by atoms with Crippen LogP contribution in [0.5, 0.6) is 0 Å². The summed E-state index contributed by atoms with van der Waals surface area (Å²) < 4.78 is 0. The first-order valence-corrected chi connectivity index (χ1v) is 5.91. The Balaban J connectivity index is 2.92. The van der Waals surface area contributed by atoms with E-state index < -0.39 is 0 Å². The first-order chi connectivity index (χ1) is 6.83. The first kappa shape index (κ1) is 11.3. The molecule has 0 aliphatic rings. The molecule has 1 aromatic rings. The number of rotatable bonds is 5. The van der Waals surface area contributed by atoms with Crippen LogP contribution < -0.4 is 0 Å². The van der Waals surface area contributed by atoms with Gasteiger partial charge in [0.15, 0.2) is 0 Å². The molecule has 0 aliphatic heterocycles. The topological polar surface area (TPSA) is 0 Å². The molecule has 0 bridgehead atoms. The fraction of sp³-hybridized carbons (Fsp3) is 0.571. The molecule has 0 spiro atoms. The highest BCUT2D eigenvalue weighted by molar-refractivity contribution is 5.30. The molecule has 14 heavy (non-hydrogen) atoms. The van der Waals surface area contributed by atoms with Crippen molar-refractivity contribution in [1.82, 2.24) is 0 Å². The molecule has 0 heterocycles. The van der Waals surface area contributed by atoms with E-state index in [2.05, 4.69) is 45.0 Å². The van der Waals surface area contributed by atoms with Crippen LogP contribution in [0.25, 0.3) is 0 Å². The summed E-state index contributed by atoms with van der Waals surface area (Å²) in [5.74, 6) is 0.762. The molecule has 0 amide bonds. The molecule has 0 radical (unpaired) electrons. The van der Waals surface area contributed by atoms with Gasteiger partial charge >= 0.3 is 0 Å². The third kappa shape index (κ3) is 2.60. The minimum atomic E-state index is 0.762. The quantitative estimate of drug-likeness (QED) is 0.639. The molecule has 0 heteroatoms. The fourth-order valence-electron chi connectivity index (χ4n) is 2.16. The van der Waals surface area contributed by atoms with Crippen molar-refractivity contribution in [3.8, 4) is 0 Å². The molecule has 1 aromatic carbocycles. The molecule has 0 N–H and O–H groups in total. The molecule has 0 saturated heterocycles. The van der Waals surface area contributed by atoms with Gasteiger partial charge in [-0.25, -0.2) is 0 Å². The Bertz CT molecular complexity index is 258. The van der Waals surface area contributed by atoms with Gasteiger partial charge in [0.2, 0.25) is 0 Å². The Hall–Kier alpha value is -0.780. The largest absolute Gasteiger partial charge is 0.0651 e. The van der Waals surface area contributed by atoms with E-state index in [1.54, 1.807) is 11.1 Å². The second-order valence-electron chi connectivity index (χ2n) is 3.96. The van der Waals surface area contributed by atoms with Crippen LogP contribution in [0.15, 0.2) is 24.3 Å². The number of hydrogen-bond donors (Lipinski definition) is 0. The summed E-state index contributed by atoms with van der Waals surface area (Å²) in [6.07, 6.45) is 5.00. The van der Waals surface area contributed by atoms with Crippen LogP contribution in [0, 0.1) is 0 Å². The summed E-state index contributed by atoms with van der Waals surface area (Å²) in [6.45, 7) is 6.83. The van der Waals surface area contributed by atoms with Gasteiger partial charge in [-0.05, 0) is 36.3 Å². The van der Waals surface area contributed by atoms with E-state index >= 15 is 0 Å². The van der Waals surface area contributed by atoms with Crippen LogP contribution in [0.2, 0.25) is 0 Å². The molecule has 0 fully saturated rings. The van der Waals surface area contributed by atoms with Crippen LogP contribution in [-0.2, 0) is 6.42 Å². The Morgan fingerprint density at radius 1 is 1.00 bits per heavy atom. The Labute approximate surface area is 88.4 Å². The maximum atomic E-state index is 2.31. The molecule has 0 unspecified atom stereocenters. The molecule has 78 valence electrons. The molecule has 0 atom stereocenters.